The molecule has 0 aromatic heterocycles. The fourth-order valence-corrected chi connectivity index (χ4v) is 7.60. The molecule has 0 saturated carbocycles. The van der Waals surface area contributed by atoms with Gasteiger partial charge in [0.25, 0.3) is 0 Å². The summed E-state index contributed by atoms with van der Waals surface area (Å²) < 4.78 is 22.2. The number of nitrogens with one attached hydrogen (secondary N) is 1. The first kappa shape index (κ1) is 50.5. The van der Waals surface area contributed by atoms with E-state index in [-0.39, 0.29) is 25.7 Å². The van der Waals surface area contributed by atoms with Crippen LogP contribution in [0.1, 0.15) is 232 Å². The highest BCUT2D eigenvalue weighted by molar-refractivity contribution is 7.47. The van der Waals surface area contributed by atoms with E-state index in [4.69, 9.17) is 14.8 Å². The molecule has 306 valence electrons. The van der Waals surface area contributed by atoms with Crippen molar-refractivity contribution in [2.45, 2.75) is 244 Å². The van der Waals surface area contributed by atoms with Gasteiger partial charge in [0, 0.05) is 13.0 Å². The smallest absolute Gasteiger partial charge is 0.391 e. The summed E-state index contributed by atoms with van der Waals surface area (Å²) in [5.41, 5.74) is 5.38. The first-order chi connectivity index (χ1) is 24.9. The van der Waals surface area contributed by atoms with E-state index in [1.54, 1.807) is 0 Å². The SMILES string of the molecule is CCCCCCCCCCCCCCCCCCCCCC(=O)NC(COP(=O)(O)OCCN)C(O)CCCCCCCCCCCCCCC. The van der Waals surface area contributed by atoms with Gasteiger partial charge >= 0.3 is 7.82 Å². The zero-order valence-corrected chi connectivity index (χ0v) is 34.8. The van der Waals surface area contributed by atoms with Crippen LogP contribution in [0.4, 0.5) is 0 Å². The van der Waals surface area contributed by atoms with Crippen molar-refractivity contribution in [3.63, 3.8) is 0 Å². The summed E-state index contributed by atoms with van der Waals surface area (Å²) in [4.78, 5) is 22.7. The molecule has 3 unspecified atom stereocenters. The summed E-state index contributed by atoms with van der Waals surface area (Å²) in [6, 6.07) is -0.767. The molecule has 9 heteroatoms. The van der Waals surface area contributed by atoms with E-state index in [9.17, 15) is 19.4 Å². The minimum atomic E-state index is -4.31. The molecule has 0 saturated heterocycles. The van der Waals surface area contributed by atoms with Gasteiger partial charge in [0.15, 0.2) is 0 Å². The van der Waals surface area contributed by atoms with Crippen LogP contribution >= 0.6 is 7.82 Å². The van der Waals surface area contributed by atoms with Gasteiger partial charge in [-0.15, -0.1) is 0 Å². The van der Waals surface area contributed by atoms with Crippen molar-refractivity contribution >= 4 is 13.7 Å². The average Bonchev–Trinajstić information content (AvgIpc) is 3.12. The van der Waals surface area contributed by atoms with Crippen LogP contribution in [-0.2, 0) is 18.4 Å². The molecular weight excluding hydrogens is 659 g/mol. The van der Waals surface area contributed by atoms with Gasteiger partial charge in [-0.1, -0.05) is 213 Å². The molecule has 3 atom stereocenters. The fraction of sp³-hybridized carbons (Fsp3) is 0.976. The predicted molar refractivity (Wildman–Crippen MR) is 217 cm³/mol. The molecule has 0 aromatic carbocycles. The Bertz CT molecular complexity index is 774. The Kier molecular flexibility index (Phi) is 38.8. The van der Waals surface area contributed by atoms with E-state index >= 15 is 0 Å². The number of carbonyl (C=O) groups is 1. The lowest BCUT2D eigenvalue weighted by Crippen LogP contribution is -2.46. The number of aliphatic hydroxyl groups is 1. The van der Waals surface area contributed by atoms with Gasteiger partial charge in [-0.25, -0.2) is 4.57 Å². The van der Waals surface area contributed by atoms with E-state index in [0.717, 1.165) is 38.5 Å². The molecule has 8 nitrogen and oxygen atoms in total. The number of hydrogen-bond acceptors (Lipinski definition) is 6. The molecule has 0 fully saturated rings. The normalized spacial score (nSPS) is 14.1. The fourth-order valence-electron chi connectivity index (χ4n) is 6.84. The summed E-state index contributed by atoms with van der Waals surface area (Å²) in [7, 11) is -4.31. The summed E-state index contributed by atoms with van der Waals surface area (Å²) in [5.74, 6) is -0.157. The third-order valence-corrected chi connectivity index (χ3v) is 11.2. The molecule has 0 spiro atoms. The standard InChI is InChI=1S/C42H87N2O6P/c1-3-5-7-9-11-13-15-17-18-19-20-21-22-24-26-28-30-32-34-36-42(46)44-40(39-50-51(47,48)49-38-37-43)41(45)35-33-31-29-27-25-23-16-14-12-10-8-6-4-2/h40-41,45H,3-39,43H2,1-2H3,(H,44,46)(H,47,48). The lowest BCUT2D eigenvalue weighted by atomic mass is 10.0. The number of phosphoric ester groups is 1. The van der Waals surface area contributed by atoms with Crippen LogP contribution < -0.4 is 11.1 Å². The predicted octanol–water partition coefficient (Wildman–Crippen LogP) is 12.2. The zero-order valence-electron chi connectivity index (χ0n) is 33.9. The molecule has 1 amide bonds. The van der Waals surface area contributed by atoms with E-state index in [2.05, 4.69) is 19.2 Å². The van der Waals surface area contributed by atoms with Crippen LogP contribution in [0.25, 0.3) is 0 Å². The Hall–Kier alpha value is -0.500. The lowest BCUT2D eigenvalue weighted by molar-refractivity contribution is -0.123. The quantitative estimate of drug-likeness (QED) is 0.0361. The minimum Gasteiger partial charge on any atom is -0.391 e. The third kappa shape index (κ3) is 37.6. The van der Waals surface area contributed by atoms with Crippen molar-refractivity contribution in [3.8, 4) is 0 Å². The van der Waals surface area contributed by atoms with Gasteiger partial charge in [-0.2, -0.15) is 0 Å². The van der Waals surface area contributed by atoms with Crippen molar-refractivity contribution in [3.05, 3.63) is 0 Å². The van der Waals surface area contributed by atoms with Gasteiger partial charge in [0.1, 0.15) is 0 Å². The molecule has 51 heavy (non-hydrogen) atoms. The first-order valence-electron chi connectivity index (χ1n) is 22.2. The summed E-state index contributed by atoms with van der Waals surface area (Å²) in [5, 5.41) is 13.8. The maximum atomic E-state index is 12.8. The number of nitrogens with two attached hydrogens (primary N) is 1. The minimum absolute atomic E-state index is 0.0924. The molecule has 0 aliphatic rings. The number of amides is 1. The Morgan fingerprint density at radius 3 is 1.25 bits per heavy atom. The van der Waals surface area contributed by atoms with Crippen molar-refractivity contribution < 1.29 is 28.4 Å². The zero-order chi connectivity index (χ0) is 37.5. The molecule has 0 radical (unpaired) electrons. The lowest BCUT2D eigenvalue weighted by Gasteiger charge is -2.25. The molecule has 0 rings (SSSR count). The number of carbonyl (C=O) groups excluding carboxylic acids is 1. The van der Waals surface area contributed by atoms with Crippen LogP contribution in [-0.4, -0.2) is 47.8 Å². The van der Waals surface area contributed by atoms with Crippen LogP contribution in [0.3, 0.4) is 0 Å². The van der Waals surface area contributed by atoms with Crippen LogP contribution in [0, 0.1) is 0 Å². The van der Waals surface area contributed by atoms with Crippen molar-refractivity contribution in [2.24, 2.45) is 5.73 Å². The molecule has 0 bridgehead atoms. The maximum absolute atomic E-state index is 12.8. The number of phosphoric acid groups is 1. The van der Waals surface area contributed by atoms with Crippen LogP contribution in [0.2, 0.25) is 0 Å². The third-order valence-electron chi connectivity index (χ3n) is 10.2. The Morgan fingerprint density at radius 1 is 0.569 bits per heavy atom. The van der Waals surface area contributed by atoms with Crippen molar-refractivity contribution in [2.75, 3.05) is 19.8 Å². The highest BCUT2D eigenvalue weighted by atomic mass is 31.2. The Labute approximate surface area is 316 Å². The number of aliphatic hydroxyl groups excluding tert-OH is 1. The summed E-state index contributed by atoms with van der Waals surface area (Å²) >= 11 is 0. The molecule has 0 heterocycles. The Balaban J connectivity index is 4.07. The van der Waals surface area contributed by atoms with Crippen molar-refractivity contribution in [1.29, 1.82) is 0 Å². The van der Waals surface area contributed by atoms with Gasteiger partial charge in [0.05, 0.1) is 25.4 Å². The highest BCUT2D eigenvalue weighted by Crippen LogP contribution is 2.43. The van der Waals surface area contributed by atoms with Gasteiger partial charge < -0.3 is 21.1 Å². The largest absolute Gasteiger partial charge is 0.472 e. The molecule has 0 aliphatic carbocycles. The average molecular weight is 747 g/mol. The highest BCUT2D eigenvalue weighted by Gasteiger charge is 2.27. The second kappa shape index (κ2) is 39.2. The molecule has 0 aliphatic heterocycles. The number of rotatable bonds is 42. The van der Waals surface area contributed by atoms with E-state index in [0.29, 0.717) is 12.8 Å². The van der Waals surface area contributed by atoms with Crippen molar-refractivity contribution in [1.82, 2.24) is 5.32 Å². The monoisotopic (exact) mass is 747 g/mol. The maximum Gasteiger partial charge on any atom is 0.472 e. The number of unbranched alkanes of at least 4 members (excludes halogenated alkanes) is 30. The topological polar surface area (TPSA) is 131 Å². The first-order valence-corrected chi connectivity index (χ1v) is 23.6. The summed E-state index contributed by atoms with van der Waals surface area (Å²) in [6.45, 7) is 4.23. The Morgan fingerprint density at radius 2 is 0.902 bits per heavy atom. The van der Waals surface area contributed by atoms with E-state index < -0.39 is 20.0 Å². The molecular formula is C42H87N2O6P. The van der Waals surface area contributed by atoms with Gasteiger partial charge in [0.2, 0.25) is 5.91 Å². The second-order valence-corrected chi connectivity index (χ2v) is 16.7. The van der Waals surface area contributed by atoms with Gasteiger partial charge in [-0.3, -0.25) is 13.8 Å². The molecule has 0 aromatic rings. The van der Waals surface area contributed by atoms with E-state index in [1.165, 1.54) is 167 Å². The van der Waals surface area contributed by atoms with Crippen LogP contribution in [0.15, 0.2) is 0 Å². The molecule has 5 N–H and O–H groups in total. The summed E-state index contributed by atoms with van der Waals surface area (Å²) in [6.07, 6.45) is 41.1. The van der Waals surface area contributed by atoms with Crippen LogP contribution in [0.5, 0.6) is 0 Å². The van der Waals surface area contributed by atoms with Gasteiger partial charge in [-0.05, 0) is 12.8 Å². The number of hydrogen-bond donors (Lipinski definition) is 4. The second-order valence-electron chi connectivity index (χ2n) is 15.3. The van der Waals surface area contributed by atoms with E-state index in [1.807, 2.05) is 0 Å².